The van der Waals surface area contributed by atoms with Crippen LogP contribution in [0.1, 0.15) is 53.5 Å². The highest BCUT2D eigenvalue weighted by atomic mass is 15.2. The second kappa shape index (κ2) is 13.2. The summed E-state index contributed by atoms with van der Waals surface area (Å²) in [5.41, 5.74) is 14.5. The van der Waals surface area contributed by atoms with Crippen LogP contribution in [0.25, 0.3) is 17.7 Å². The first kappa shape index (κ1) is 29.1. The average molecular weight is 609 g/mol. The van der Waals surface area contributed by atoms with Gasteiger partial charge >= 0.3 is 0 Å². The molecule has 47 heavy (non-hydrogen) atoms. The van der Waals surface area contributed by atoms with Crippen LogP contribution in [-0.2, 0) is 12.8 Å². The van der Waals surface area contributed by atoms with Crippen molar-refractivity contribution in [1.82, 2.24) is 4.90 Å². The highest BCUT2D eigenvalue weighted by molar-refractivity contribution is 5.79. The molecule has 0 aromatic heterocycles. The fraction of sp³-hybridized carbons (Fsp3) is 0.156. The van der Waals surface area contributed by atoms with Crippen LogP contribution in [0.4, 0.5) is 11.4 Å². The predicted molar refractivity (Wildman–Crippen MR) is 199 cm³/mol. The lowest BCUT2D eigenvalue weighted by molar-refractivity contribution is 0.345. The van der Waals surface area contributed by atoms with Crippen molar-refractivity contribution in [3.63, 3.8) is 0 Å². The molecule has 0 saturated carbocycles. The summed E-state index contributed by atoms with van der Waals surface area (Å²) >= 11 is 0. The molecule has 0 bridgehead atoms. The molecule has 4 aromatic carbocycles. The van der Waals surface area contributed by atoms with Gasteiger partial charge in [0.1, 0.15) is 0 Å². The van der Waals surface area contributed by atoms with Crippen molar-refractivity contribution >= 4 is 29.1 Å². The number of anilines is 2. The van der Waals surface area contributed by atoms with Gasteiger partial charge < -0.3 is 9.80 Å². The molecule has 230 valence electrons. The van der Waals surface area contributed by atoms with Gasteiger partial charge in [-0.15, -0.1) is 0 Å². The Balaban J connectivity index is 1.10. The molecule has 0 spiro atoms. The van der Waals surface area contributed by atoms with E-state index in [-0.39, 0.29) is 0 Å². The molecule has 4 aliphatic carbocycles. The van der Waals surface area contributed by atoms with E-state index in [0.29, 0.717) is 6.04 Å². The Hall–Kier alpha value is -5.34. The zero-order valence-electron chi connectivity index (χ0n) is 26.8. The summed E-state index contributed by atoms with van der Waals surface area (Å²) in [5, 5.41) is 0. The van der Waals surface area contributed by atoms with Gasteiger partial charge in [-0.1, -0.05) is 121 Å². The number of hydrogen-bond acceptors (Lipinski definition) is 2. The van der Waals surface area contributed by atoms with E-state index >= 15 is 0 Å². The zero-order chi connectivity index (χ0) is 31.4. The maximum Gasteiger partial charge on any atom is 0.0553 e. The molecule has 4 aromatic rings. The van der Waals surface area contributed by atoms with Crippen LogP contribution in [0.3, 0.4) is 0 Å². The van der Waals surface area contributed by atoms with Crippen LogP contribution in [-0.4, -0.2) is 10.9 Å². The Kier molecular flexibility index (Phi) is 8.16. The molecule has 0 saturated heterocycles. The van der Waals surface area contributed by atoms with Gasteiger partial charge in [0.25, 0.3) is 0 Å². The Labute approximate surface area is 279 Å². The van der Waals surface area contributed by atoms with Crippen molar-refractivity contribution in [2.75, 3.05) is 4.90 Å². The number of aryl methyl sites for hydroxylation is 2. The van der Waals surface area contributed by atoms with Crippen LogP contribution in [0, 0.1) is 0 Å². The lowest BCUT2D eigenvalue weighted by atomic mass is 9.93. The van der Waals surface area contributed by atoms with Crippen molar-refractivity contribution in [2.24, 2.45) is 0 Å². The number of fused-ring (bicyclic) bond motifs is 2. The zero-order valence-corrected chi connectivity index (χ0v) is 26.8. The van der Waals surface area contributed by atoms with Crippen molar-refractivity contribution < 1.29 is 0 Å². The normalized spacial score (nSPS) is 18.2. The van der Waals surface area contributed by atoms with Gasteiger partial charge in [-0.05, 0) is 108 Å². The summed E-state index contributed by atoms with van der Waals surface area (Å²) in [5.74, 6) is 0. The second-order valence-corrected chi connectivity index (χ2v) is 12.8. The molecule has 8 rings (SSSR count). The molecule has 2 heteroatoms. The number of benzene rings is 4. The summed E-state index contributed by atoms with van der Waals surface area (Å²) in [6.07, 6.45) is 29.3. The van der Waals surface area contributed by atoms with E-state index in [2.05, 4.69) is 174 Å². The Morgan fingerprint density at radius 2 is 1.19 bits per heavy atom. The molecule has 0 fully saturated rings. The lowest BCUT2D eigenvalue weighted by Gasteiger charge is -2.37. The monoisotopic (exact) mass is 608 g/mol. The number of allylic oxidation sites excluding steroid dienone is 9. The largest absolute Gasteiger partial charge is 0.341 e. The molecule has 0 N–H and O–H groups in total. The Bertz CT molecular complexity index is 1980. The summed E-state index contributed by atoms with van der Waals surface area (Å²) < 4.78 is 0. The summed E-state index contributed by atoms with van der Waals surface area (Å²) in [6.45, 7) is 0. The molecule has 0 heterocycles. The first-order valence-corrected chi connectivity index (χ1v) is 17.0. The number of nitrogens with zero attached hydrogens (tertiary/aromatic N) is 2. The third-order valence-corrected chi connectivity index (χ3v) is 9.80. The molecular formula is C45H40N2. The second-order valence-electron chi connectivity index (χ2n) is 12.8. The van der Waals surface area contributed by atoms with Crippen molar-refractivity contribution in [3.05, 3.63) is 197 Å². The number of rotatable bonds is 7. The fourth-order valence-electron chi connectivity index (χ4n) is 7.42. The van der Waals surface area contributed by atoms with E-state index in [1.165, 1.54) is 61.9 Å². The van der Waals surface area contributed by atoms with Crippen LogP contribution in [0.5, 0.6) is 0 Å². The lowest BCUT2D eigenvalue weighted by Crippen LogP contribution is -2.33. The van der Waals surface area contributed by atoms with Crippen LogP contribution in [0.2, 0.25) is 0 Å². The molecular weight excluding hydrogens is 569 g/mol. The molecule has 0 amide bonds. The molecule has 0 aliphatic heterocycles. The SMILES string of the molecule is C1=CCC(N(C2=CC=C(c3ccc(N(C4=Cc5ccccc5CC4)c4ccccc4)cc3)C=CC2)C2=Cc3ccccc3CC2)C=C1. The van der Waals surface area contributed by atoms with Crippen LogP contribution in [0.15, 0.2) is 169 Å². The van der Waals surface area contributed by atoms with Crippen LogP contribution < -0.4 is 4.90 Å². The van der Waals surface area contributed by atoms with Gasteiger partial charge in [-0.3, -0.25) is 0 Å². The highest BCUT2D eigenvalue weighted by Crippen LogP contribution is 2.37. The van der Waals surface area contributed by atoms with E-state index in [1.807, 2.05) is 0 Å². The quantitative estimate of drug-likeness (QED) is 0.206. The number of para-hydroxylation sites is 1. The minimum Gasteiger partial charge on any atom is -0.341 e. The van der Waals surface area contributed by atoms with E-state index < -0.39 is 0 Å². The first-order chi connectivity index (χ1) is 23.3. The molecule has 4 aliphatic rings. The topological polar surface area (TPSA) is 6.48 Å². The molecule has 1 unspecified atom stereocenters. The first-order valence-electron chi connectivity index (χ1n) is 17.0. The minimum atomic E-state index is 0.329. The van der Waals surface area contributed by atoms with Gasteiger partial charge in [0.15, 0.2) is 0 Å². The fourth-order valence-corrected chi connectivity index (χ4v) is 7.42. The Morgan fingerprint density at radius 1 is 0.532 bits per heavy atom. The summed E-state index contributed by atoms with van der Waals surface area (Å²) in [6, 6.07) is 37.9. The third-order valence-electron chi connectivity index (χ3n) is 9.80. The summed E-state index contributed by atoms with van der Waals surface area (Å²) in [4.78, 5) is 5.03. The predicted octanol–water partition coefficient (Wildman–Crippen LogP) is 11.2. The maximum atomic E-state index is 2.61. The Morgan fingerprint density at radius 3 is 1.91 bits per heavy atom. The van der Waals surface area contributed by atoms with Gasteiger partial charge in [-0.2, -0.15) is 0 Å². The van der Waals surface area contributed by atoms with E-state index in [1.54, 1.807) is 0 Å². The highest BCUT2D eigenvalue weighted by Gasteiger charge is 2.25. The van der Waals surface area contributed by atoms with Gasteiger partial charge in [0.05, 0.1) is 6.04 Å². The van der Waals surface area contributed by atoms with E-state index in [9.17, 15) is 0 Å². The standard InChI is InChI=1S/C45H40N2/c1-3-17-40(18-4-1)46(44-30-25-35-12-7-9-14-38(35)32-44)42-21-11-16-34(22-27-42)37-23-28-43(29-24-37)47(41-19-5-2-6-20-41)45-31-26-36-13-8-10-15-39(36)33-45/h1-17,19-20,22-24,27-29,32-33,40H,18,21,25-26,30-31H2. The molecule has 0 radical (unpaired) electrons. The average Bonchev–Trinajstić information content (AvgIpc) is 3.39. The number of hydrogen-bond donors (Lipinski definition) is 0. The van der Waals surface area contributed by atoms with E-state index in [0.717, 1.165) is 38.5 Å². The van der Waals surface area contributed by atoms with Gasteiger partial charge in [0, 0.05) is 34.9 Å². The minimum absolute atomic E-state index is 0.329. The van der Waals surface area contributed by atoms with Crippen LogP contribution >= 0.6 is 0 Å². The maximum absolute atomic E-state index is 2.61. The van der Waals surface area contributed by atoms with Crippen molar-refractivity contribution in [2.45, 2.75) is 44.6 Å². The smallest absolute Gasteiger partial charge is 0.0553 e. The van der Waals surface area contributed by atoms with Crippen molar-refractivity contribution in [3.8, 4) is 0 Å². The van der Waals surface area contributed by atoms with Crippen molar-refractivity contribution in [1.29, 1.82) is 0 Å². The summed E-state index contributed by atoms with van der Waals surface area (Å²) in [7, 11) is 0. The third kappa shape index (κ3) is 6.12. The van der Waals surface area contributed by atoms with Gasteiger partial charge in [0.2, 0.25) is 0 Å². The van der Waals surface area contributed by atoms with E-state index in [4.69, 9.17) is 0 Å². The molecule has 2 nitrogen and oxygen atoms in total. The van der Waals surface area contributed by atoms with Gasteiger partial charge in [-0.25, -0.2) is 0 Å². The molecule has 1 atom stereocenters.